The molecule has 1 unspecified atom stereocenters. The molecule has 0 spiro atoms. The Bertz CT molecular complexity index is 553. The zero-order valence-electron chi connectivity index (χ0n) is 16.5. The minimum Gasteiger partial charge on any atom is -0.456 e. The van der Waals surface area contributed by atoms with E-state index in [4.69, 9.17) is 18.5 Å². The first kappa shape index (κ1) is 26.5. The highest BCUT2D eigenvalue weighted by Gasteiger charge is 2.31. The molecule has 0 aromatic carbocycles. The first-order chi connectivity index (χ1) is 12.5. The number of nitrogens with one attached hydrogen (secondary N) is 1. The highest BCUT2D eigenvalue weighted by atomic mass is 79.9. The van der Waals surface area contributed by atoms with Gasteiger partial charge >= 0.3 is 18.9 Å². The number of carbonyl (C=O) groups excluding carboxylic acids is 2. The molecule has 1 N–H and O–H groups in total. The number of carbonyl (C=O) groups is 2. The summed E-state index contributed by atoms with van der Waals surface area (Å²) in [6, 6.07) is -0.707. The zero-order valence-corrected chi connectivity index (χ0v) is 19.8. The maximum atomic E-state index is 12.6. The first-order valence-electron chi connectivity index (χ1n) is 8.26. The molecule has 0 aliphatic rings. The number of hydrogen-bond donors (Lipinski definition) is 1. The summed E-state index contributed by atoms with van der Waals surface area (Å²) in [6.45, 7) is 5.02. The van der Waals surface area contributed by atoms with Crippen molar-refractivity contribution in [2.75, 3.05) is 24.8 Å². The molecule has 0 bridgehead atoms. The van der Waals surface area contributed by atoms with Gasteiger partial charge in [0.1, 0.15) is 11.7 Å². The van der Waals surface area contributed by atoms with Crippen molar-refractivity contribution < 1.29 is 32.7 Å². The van der Waals surface area contributed by atoms with Gasteiger partial charge in [-0.3, -0.25) is 9.32 Å². The smallest absolute Gasteiger partial charge is 0.408 e. The number of rotatable bonds is 11. The van der Waals surface area contributed by atoms with Crippen molar-refractivity contribution in [3.05, 3.63) is 12.2 Å². The van der Waals surface area contributed by atoms with Crippen LogP contribution in [0.4, 0.5) is 4.79 Å². The minimum absolute atomic E-state index is 0.106. The van der Waals surface area contributed by atoms with Crippen LogP contribution in [-0.4, -0.2) is 54.6 Å². The van der Waals surface area contributed by atoms with Gasteiger partial charge in [0.25, 0.3) is 0 Å². The molecule has 0 aliphatic heterocycles. The third-order valence-corrected chi connectivity index (χ3v) is 7.00. The Morgan fingerprint density at radius 2 is 1.96 bits per heavy atom. The Morgan fingerprint density at radius 1 is 1.33 bits per heavy atom. The molecule has 3 atom stereocenters. The Morgan fingerprint density at radius 3 is 2.41 bits per heavy atom. The molecule has 0 aromatic heterocycles. The largest absolute Gasteiger partial charge is 0.456 e. The van der Waals surface area contributed by atoms with Crippen LogP contribution in [0.5, 0.6) is 0 Å². The van der Waals surface area contributed by atoms with E-state index in [1.807, 2.05) is 0 Å². The van der Waals surface area contributed by atoms with Crippen LogP contribution in [0.25, 0.3) is 0 Å². The maximum Gasteiger partial charge on any atom is 0.408 e. The van der Waals surface area contributed by atoms with Crippen molar-refractivity contribution in [1.82, 2.24) is 5.32 Å². The molecular formula is C16H29BrNO7PS. The molecule has 0 fully saturated rings. The van der Waals surface area contributed by atoms with E-state index < -0.39 is 36.6 Å². The highest BCUT2D eigenvalue weighted by Crippen LogP contribution is 2.60. The van der Waals surface area contributed by atoms with Crippen LogP contribution in [0, 0.1) is 0 Å². The van der Waals surface area contributed by atoms with E-state index in [-0.39, 0.29) is 12.4 Å². The van der Waals surface area contributed by atoms with Crippen LogP contribution in [0.3, 0.4) is 0 Å². The van der Waals surface area contributed by atoms with E-state index in [2.05, 4.69) is 21.2 Å². The van der Waals surface area contributed by atoms with Crippen molar-refractivity contribution in [2.24, 2.45) is 0 Å². The fourth-order valence-electron chi connectivity index (χ4n) is 1.77. The van der Waals surface area contributed by atoms with Crippen LogP contribution >= 0.6 is 34.1 Å². The van der Waals surface area contributed by atoms with E-state index >= 15 is 0 Å². The zero-order chi connectivity index (χ0) is 21.1. The average molecular weight is 490 g/mol. The van der Waals surface area contributed by atoms with Gasteiger partial charge in [-0.2, -0.15) is 0 Å². The van der Waals surface area contributed by atoms with Crippen molar-refractivity contribution in [1.29, 1.82) is 0 Å². The van der Waals surface area contributed by atoms with E-state index in [9.17, 15) is 14.2 Å². The fourth-order valence-corrected chi connectivity index (χ4v) is 5.20. The topological polar surface area (TPSA) is 100 Å². The van der Waals surface area contributed by atoms with Gasteiger partial charge in [-0.25, -0.2) is 9.36 Å². The summed E-state index contributed by atoms with van der Waals surface area (Å²) >= 11 is 4.10. The fraction of sp³-hybridized carbons (Fsp3) is 0.750. The Hall–Kier alpha value is -0.540. The van der Waals surface area contributed by atoms with Crippen LogP contribution < -0.4 is 5.32 Å². The van der Waals surface area contributed by atoms with E-state index in [0.29, 0.717) is 5.33 Å². The Balaban J connectivity index is 5.33. The van der Waals surface area contributed by atoms with E-state index in [1.165, 1.54) is 14.0 Å². The second-order valence-electron chi connectivity index (χ2n) is 6.30. The van der Waals surface area contributed by atoms with Gasteiger partial charge in [0, 0.05) is 25.1 Å². The molecule has 8 nitrogen and oxygen atoms in total. The van der Waals surface area contributed by atoms with Gasteiger partial charge in [-0.1, -0.05) is 22.0 Å². The third-order valence-electron chi connectivity index (χ3n) is 2.75. The number of alkyl carbamates (subject to hydrolysis) is 1. The number of ether oxygens (including phenoxy) is 2. The number of allylic oxidation sites excluding steroid dienone is 1. The SMILES string of the molecule is C/C=C/[C@@H](OC(C)=O)[C@H](CSP(=O)(OC)OCCBr)NC(=O)OC(C)(C)C. The predicted octanol–water partition coefficient (Wildman–Crippen LogP) is 4.29. The molecule has 11 heteroatoms. The van der Waals surface area contributed by atoms with E-state index in [1.54, 1.807) is 39.8 Å². The van der Waals surface area contributed by atoms with Crippen molar-refractivity contribution in [3.63, 3.8) is 0 Å². The van der Waals surface area contributed by atoms with Gasteiger partial charge in [0.2, 0.25) is 0 Å². The van der Waals surface area contributed by atoms with Crippen molar-refractivity contribution in [3.8, 4) is 0 Å². The number of amides is 1. The summed E-state index contributed by atoms with van der Waals surface area (Å²) in [5, 5.41) is 3.16. The van der Waals surface area contributed by atoms with Gasteiger partial charge in [-0.15, -0.1) is 0 Å². The quantitative estimate of drug-likeness (QED) is 0.198. The molecule has 0 heterocycles. The Kier molecular flexibility index (Phi) is 12.6. The second kappa shape index (κ2) is 12.8. The summed E-state index contributed by atoms with van der Waals surface area (Å²) in [5.74, 6) is -0.404. The lowest BCUT2D eigenvalue weighted by molar-refractivity contribution is -0.145. The second-order valence-corrected chi connectivity index (χ2v) is 11.3. The molecule has 0 aromatic rings. The lowest BCUT2D eigenvalue weighted by Crippen LogP contribution is -2.47. The average Bonchev–Trinajstić information content (AvgIpc) is 2.54. The number of hydrogen-bond acceptors (Lipinski definition) is 8. The molecule has 0 rings (SSSR count). The molecule has 158 valence electrons. The number of alkyl halides is 1. The molecule has 0 saturated heterocycles. The van der Waals surface area contributed by atoms with Crippen molar-refractivity contribution >= 4 is 46.2 Å². The van der Waals surface area contributed by atoms with Gasteiger partial charge in [0.05, 0.1) is 12.6 Å². The van der Waals surface area contributed by atoms with Crippen LogP contribution in [0.1, 0.15) is 34.6 Å². The molecule has 0 radical (unpaired) electrons. The maximum absolute atomic E-state index is 12.6. The molecule has 0 aliphatic carbocycles. The number of esters is 1. The summed E-state index contributed by atoms with van der Waals surface area (Å²) in [4.78, 5) is 23.6. The molecule has 27 heavy (non-hydrogen) atoms. The third kappa shape index (κ3) is 12.5. The van der Waals surface area contributed by atoms with Crippen LogP contribution in [0.2, 0.25) is 0 Å². The lowest BCUT2D eigenvalue weighted by Gasteiger charge is -2.28. The summed E-state index contributed by atoms with van der Waals surface area (Å²) in [5.41, 5.74) is -0.694. The van der Waals surface area contributed by atoms with Gasteiger partial charge in [-0.05, 0) is 45.2 Å². The van der Waals surface area contributed by atoms with Crippen molar-refractivity contribution in [2.45, 2.75) is 52.4 Å². The van der Waals surface area contributed by atoms with Crippen LogP contribution in [-0.2, 0) is 27.9 Å². The lowest BCUT2D eigenvalue weighted by atomic mass is 10.1. The first-order valence-corrected chi connectivity index (χ1v) is 12.5. The van der Waals surface area contributed by atoms with Gasteiger partial charge < -0.3 is 19.3 Å². The number of halogens is 1. The summed E-state index contributed by atoms with van der Waals surface area (Å²) < 4.78 is 33.4. The monoisotopic (exact) mass is 489 g/mol. The normalized spacial score (nSPS) is 16.4. The Labute approximate surface area is 173 Å². The molecule has 1 amide bonds. The van der Waals surface area contributed by atoms with Gasteiger partial charge in [0.15, 0.2) is 0 Å². The standard InChI is InChI=1S/C16H29BrNO7PS/c1-7-8-14(24-12(2)19)13(18-15(20)25-16(3,4)5)11-27-26(21,22-6)23-10-9-17/h7-8,13-14H,9-11H2,1-6H3,(H,18,20)/b8-7+/t13-,14+,26?/m0/s1. The predicted molar refractivity (Wildman–Crippen MR) is 110 cm³/mol. The molecular weight excluding hydrogens is 461 g/mol. The summed E-state index contributed by atoms with van der Waals surface area (Å²) in [7, 11) is 1.29. The van der Waals surface area contributed by atoms with Crippen LogP contribution in [0.15, 0.2) is 12.2 Å². The summed E-state index contributed by atoms with van der Waals surface area (Å²) in [6.07, 6.45) is 1.87. The highest BCUT2D eigenvalue weighted by molar-refractivity contribution is 9.09. The van der Waals surface area contributed by atoms with E-state index in [0.717, 1.165) is 11.4 Å². The minimum atomic E-state index is -3.42. The molecule has 0 saturated carbocycles.